The van der Waals surface area contributed by atoms with Gasteiger partial charge in [-0.2, -0.15) is 8.78 Å². The molecule has 1 aliphatic carbocycles. The van der Waals surface area contributed by atoms with Crippen LogP contribution < -0.4 is 10.2 Å². The van der Waals surface area contributed by atoms with Gasteiger partial charge in [-0.1, -0.05) is 0 Å². The molecule has 1 aliphatic rings. The number of fused-ring (bicyclic) bond motifs is 1. The molecule has 1 N–H and O–H groups in total. The summed E-state index contributed by atoms with van der Waals surface area (Å²) in [4.78, 5) is 23.3. The second-order valence-corrected chi connectivity index (χ2v) is 4.99. The molecule has 0 amide bonds. The molecule has 5 nitrogen and oxygen atoms in total. The number of aromatic carboxylic acids is 1. The number of nitrogens with zero attached hydrogens (tertiary/aromatic N) is 1. The number of carboxylic acid groups (broad SMARTS) is 1. The van der Waals surface area contributed by atoms with Crippen LogP contribution >= 0.6 is 0 Å². The number of pyridine rings is 1. The number of rotatable bonds is 4. The van der Waals surface area contributed by atoms with E-state index in [0.717, 1.165) is 10.8 Å². The third-order valence-corrected chi connectivity index (χ3v) is 3.47. The van der Waals surface area contributed by atoms with Gasteiger partial charge in [-0.15, -0.1) is 0 Å². The maximum atomic E-state index is 13.5. The summed E-state index contributed by atoms with van der Waals surface area (Å²) in [6, 6.07) is 1.72. The van der Waals surface area contributed by atoms with Gasteiger partial charge in [0.05, 0.1) is 23.0 Å². The number of benzene rings is 1. The van der Waals surface area contributed by atoms with Gasteiger partial charge in [0.25, 0.3) is 0 Å². The van der Waals surface area contributed by atoms with Crippen LogP contribution in [0.5, 0.6) is 5.75 Å². The van der Waals surface area contributed by atoms with Crippen LogP contribution in [0.3, 0.4) is 0 Å². The fourth-order valence-corrected chi connectivity index (χ4v) is 2.39. The smallest absolute Gasteiger partial charge is 0.387 e. The molecule has 1 heterocycles. The summed E-state index contributed by atoms with van der Waals surface area (Å²) in [5.41, 5.74) is -2.11. The lowest BCUT2D eigenvalue weighted by Crippen LogP contribution is -2.20. The lowest BCUT2D eigenvalue weighted by Gasteiger charge is -2.15. The van der Waals surface area contributed by atoms with E-state index in [2.05, 4.69) is 4.74 Å². The van der Waals surface area contributed by atoms with Crippen molar-refractivity contribution in [1.29, 1.82) is 0 Å². The lowest BCUT2D eigenvalue weighted by atomic mass is 10.1. The molecule has 9 heteroatoms. The Bertz CT molecular complexity index is 864. The van der Waals surface area contributed by atoms with Crippen molar-refractivity contribution in [2.24, 2.45) is 0 Å². The highest BCUT2D eigenvalue weighted by atomic mass is 19.3. The molecular formula is C14H8F4NO4. The van der Waals surface area contributed by atoms with E-state index in [-0.39, 0.29) is 11.9 Å². The van der Waals surface area contributed by atoms with E-state index in [1.165, 1.54) is 0 Å². The summed E-state index contributed by atoms with van der Waals surface area (Å²) in [6.45, 7) is -3.32. The highest BCUT2D eigenvalue weighted by molar-refractivity contribution is 5.94. The number of carbonyl (C=O) groups is 1. The zero-order valence-electron chi connectivity index (χ0n) is 11.2. The van der Waals surface area contributed by atoms with Crippen molar-refractivity contribution < 1.29 is 32.2 Å². The first-order valence-electron chi connectivity index (χ1n) is 6.42. The number of ether oxygens (including phenoxy) is 1. The molecule has 0 bridgehead atoms. The summed E-state index contributed by atoms with van der Waals surface area (Å²) < 4.78 is 57.1. The molecule has 1 aromatic heterocycles. The largest absolute Gasteiger partial charge is 0.477 e. The highest BCUT2D eigenvalue weighted by Gasteiger charge is 2.40. The van der Waals surface area contributed by atoms with E-state index in [9.17, 15) is 27.2 Å². The van der Waals surface area contributed by atoms with Crippen LogP contribution in [0, 0.1) is 11.9 Å². The molecule has 1 fully saturated rings. The van der Waals surface area contributed by atoms with Gasteiger partial charge < -0.3 is 14.4 Å². The minimum atomic E-state index is -3.32. The fraction of sp³-hybridized carbons (Fsp3) is 0.286. The van der Waals surface area contributed by atoms with Crippen molar-refractivity contribution in [3.63, 3.8) is 0 Å². The Kier molecular flexibility index (Phi) is 3.50. The highest BCUT2D eigenvalue weighted by Crippen LogP contribution is 2.42. The van der Waals surface area contributed by atoms with Gasteiger partial charge in [0, 0.05) is 12.6 Å². The maximum absolute atomic E-state index is 13.5. The van der Waals surface area contributed by atoms with Gasteiger partial charge in [0.15, 0.2) is 5.75 Å². The van der Waals surface area contributed by atoms with Gasteiger partial charge in [-0.3, -0.25) is 4.79 Å². The van der Waals surface area contributed by atoms with E-state index in [1.54, 1.807) is 0 Å². The van der Waals surface area contributed by atoms with Crippen molar-refractivity contribution in [2.75, 3.05) is 0 Å². The third-order valence-electron chi connectivity index (χ3n) is 3.47. The summed E-state index contributed by atoms with van der Waals surface area (Å²) in [6.07, 6.45) is -0.462. The van der Waals surface area contributed by atoms with Crippen LogP contribution in [0.1, 0.15) is 22.8 Å². The van der Waals surface area contributed by atoms with E-state index in [4.69, 9.17) is 5.11 Å². The Morgan fingerprint density at radius 1 is 1.48 bits per heavy atom. The van der Waals surface area contributed by atoms with Crippen LogP contribution in [0.2, 0.25) is 0 Å². The molecule has 2 atom stereocenters. The Morgan fingerprint density at radius 3 is 2.65 bits per heavy atom. The van der Waals surface area contributed by atoms with Crippen LogP contribution in [-0.2, 0) is 0 Å². The Balaban J connectivity index is 2.39. The summed E-state index contributed by atoms with van der Waals surface area (Å²) in [7, 11) is 0. The Labute approximate surface area is 125 Å². The fourth-order valence-electron chi connectivity index (χ4n) is 2.39. The molecule has 3 rings (SSSR count). The molecular weight excluding hydrogens is 322 g/mol. The molecule has 0 aliphatic heterocycles. The molecule has 2 aromatic rings. The number of aromatic nitrogens is 1. The molecule has 1 aromatic carbocycles. The predicted molar refractivity (Wildman–Crippen MR) is 69.1 cm³/mol. The van der Waals surface area contributed by atoms with Gasteiger partial charge in [-0.05, 0) is 6.07 Å². The van der Waals surface area contributed by atoms with E-state index in [0.29, 0.717) is 6.07 Å². The quantitative estimate of drug-likeness (QED) is 0.875. The summed E-state index contributed by atoms with van der Waals surface area (Å²) >= 11 is 0. The lowest BCUT2D eigenvalue weighted by molar-refractivity contribution is -0.0493. The first kappa shape index (κ1) is 15.3. The monoisotopic (exact) mass is 330 g/mol. The number of carboxylic acids is 1. The van der Waals surface area contributed by atoms with Crippen molar-refractivity contribution in [3.8, 4) is 5.75 Å². The topological polar surface area (TPSA) is 68.5 Å². The Morgan fingerprint density at radius 2 is 2.13 bits per heavy atom. The second-order valence-electron chi connectivity index (χ2n) is 4.99. The number of hydrogen-bond donors (Lipinski definition) is 1. The van der Waals surface area contributed by atoms with Crippen molar-refractivity contribution in [1.82, 2.24) is 4.57 Å². The normalized spacial score (nSPS) is 20.0. The zero-order valence-corrected chi connectivity index (χ0v) is 11.2. The van der Waals surface area contributed by atoms with Crippen molar-refractivity contribution >= 4 is 16.9 Å². The van der Waals surface area contributed by atoms with Gasteiger partial charge in [0.1, 0.15) is 17.6 Å². The van der Waals surface area contributed by atoms with Gasteiger partial charge in [0.2, 0.25) is 5.43 Å². The van der Waals surface area contributed by atoms with Crippen molar-refractivity contribution in [2.45, 2.75) is 25.2 Å². The molecule has 0 unspecified atom stereocenters. The van der Waals surface area contributed by atoms with Crippen LogP contribution in [0.25, 0.3) is 10.9 Å². The standard InChI is InChI=1S/C14H8F4NO4/c15-5-1-6-11(10(2-5)23-14(17)18)19(9-3-8(9)16)4-7(12(6)20)13(21)22/h1,4,8-9,14H,3H2,(H,21,22)/t8-,9+/m0/s1. The van der Waals surface area contributed by atoms with Gasteiger partial charge >= 0.3 is 12.6 Å². The zero-order chi connectivity index (χ0) is 16.9. The third kappa shape index (κ3) is 2.62. The first-order chi connectivity index (χ1) is 10.8. The molecule has 0 saturated heterocycles. The average Bonchev–Trinajstić information content (AvgIpc) is 3.15. The minimum Gasteiger partial charge on any atom is -0.477 e. The van der Waals surface area contributed by atoms with Crippen molar-refractivity contribution in [3.05, 3.63) is 39.9 Å². The number of alkyl halides is 3. The number of hydrogen-bond acceptors (Lipinski definition) is 3. The molecule has 1 radical (unpaired) electrons. The van der Waals surface area contributed by atoms with E-state index >= 15 is 0 Å². The first-order valence-corrected chi connectivity index (χ1v) is 6.42. The van der Waals surface area contributed by atoms with E-state index < -0.39 is 52.7 Å². The van der Waals surface area contributed by atoms with Crippen LogP contribution in [0.15, 0.2) is 17.1 Å². The number of halogens is 4. The maximum Gasteiger partial charge on any atom is 0.387 e. The minimum absolute atomic E-state index is 0.0164. The molecule has 0 spiro atoms. The van der Waals surface area contributed by atoms with Gasteiger partial charge in [-0.25, -0.2) is 13.6 Å². The molecule has 1 saturated carbocycles. The van der Waals surface area contributed by atoms with Crippen LogP contribution in [0.4, 0.5) is 17.6 Å². The second kappa shape index (κ2) is 5.25. The molecule has 121 valence electrons. The summed E-state index contributed by atoms with van der Waals surface area (Å²) in [5, 5.41) is 8.55. The van der Waals surface area contributed by atoms with E-state index in [1.807, 2.05) is 6.07 Å². The SMILES string of the molecule is O=C(O)c1cn([C@@H]2C[C@@H]2F)c2c(OC(F)F)[c]c(F)cc2c1=O. The van der Waals surface area contributed by atoms with Crippen LogP contribution in [-0.4, -0.2) is 28.4 Å². The average molecular weight is 330 g/mol. The molecule has 23 heavy (non-hydrogen) atoms. The summed E-state index contributed by atoms with van der Waals surface area (Å²) in [5.74, 6) is -3.54. The predicted octanol–water partition coefficient (Wildman–Crippen LogP) is 2.52. The Hall–Kier alpha value is -2.58.